The summed E-state index contributed by atoms with van der Waals surface area (Å²) in [6.45, 7) is 0.959. The van der Waals surface area contributed by atoms with Gasteiger partial charge < -0.3 is 4.90 Å². The number of halogens is 3. The van der Waals surface area contributed by atoms with E-state index in [1.807, 2.05) is 7.05 Å². The third kappa shape index (κ3) is 3.46. The maximum Gasteiger partial charge on any atom is 0.408 e. The molecule has 0 N–H and O–H groups in total. The Kier molecular flexibility index (Phi) is 3.42. The first-order valence-electron chi connectivity index (χ1n) is 5.72. The summed E-state index contributed by atoms with van der Waals surface area (Å²) >= 11 is 0. The minimum atomic E-state index is -4.20. The average Bonchev–Trinajstić information content (AvgIpc) is 2.63. The summed E-state index contributed by atoms with van der Waals surface area (Å²) < 4.78 is 37.5. The van der Waals surface area contributed by atoms with Crippen LogP contribution in [-0.2, 0) is 6.54 Å². The number of hydrogen-bond donors (Lipinski definition) is 0. The van der Waals surface area contributed by atoms with E-state index in [1.54, 1.807) is 6.20 Å². The zero-order chi connectivity index (χ0) is 12.5. The van der Waals surface area contributed by atoms with Gasteiger partial charge in [0, 0.05) is 12.7 Å². The second-order valence-electron chi connectivity index (χ2n) is 4.69. The van der Waals surface area contributed by atoms with Gasteiger partial charge in [-0.1, -0.05) is 0 Å². The number of likely N-dealkylation sites (tertiary alicyclic amines) is 1. The van der Waals surface area contributed by atoms with Gasteiger partial charge in [0.1, 0.15) is 6.54 Å². The molecule has 1 atom stereocenters. The normalized spacial score (nSPS) is 22.9. The highest BCUT2D eigenvalue weighted by molar-refractivity contribution is 5.12. The lowest BCUT2D eigenvalue weighted by atomic mass is 9.93. The Morgan fingerprint density at radius 1 is 1.47 bits per heavy atom. The van der Waals surface area contributed by atoms with Crippen molar-refractivity contribution in [2.75, 3.05) is 20.1 Å². The SMILES string of the molecule is CN1CCCC(c2cnn(CC(F)(F)F)c2)C1. The van der Waals surface area contributed by atoms with Crippen LogP contribution < -0.4 is 0 Å². The van der Waals surface area contributed by atoms with E-state index in [-0.39, 0.29) is 0 Å². The van der Waals surface area contributed by atoms with Crippen LogP contribution >= 0.6 is 0 Å². The Bertz CT molecular complexity index is 372. The van der Waals surface area contributed by atoms with Crippen LogP contribution in [0.25, 0.3) is 0 Å². The van der Waals surface area contributed by atoms with Crippen molar-refractivity contribution in [3.05, 3.63) is 18.0 Å². The topological polar surface area (TPSA) is 21.1 Å². The monoisotopic (exact) mass is 247 g/mol. The molecule has 17 heavy (non-hydrogen) atoms. The smallest absolute Gasteiger partial charge is 0.306 e. The van der Waals surface area contributed by atoms with Gasteiger partial charge in [-0.15, -0.1) is 0 Å². The van der Waals surface area contributed by atoms with Gasteiger partial charge in [0.2, 0.25) is 0 Å². The van der Waals surface area contributed by atoms with Crippen molar-refractivity contribution in [1.29, 1.82) is 0 Å². The van der Waals surface area contributed by atoms with E-state index in [0.717, 1.165) is 36.2 Å². The first-order chi connectivity index (χ1) is 7.94. The zero-order valence-corrected chi connectivity index (χ0v) is 9.74. The first kappa shape index (κ1) is 12.4. The van der Waals surface area contributed by atoms with Crippen molar-refractivity contribution in [3.63, 3.8) is 0 Å². The molecule has 96 valence electrons. The number of hydrogen-bond acceptors (Lipinski definition) is 2. The minimum absolute atomic E-state index is 0.315. The number of rotatable bonds is 2. The Morgan fingerprint density at radius 3 is 2.88 bits per heavy atom. The lowest BCUT2D eigenvalue weighted by Crippen LogP contribution is -2.30. The quantitative estimate of drug-likeness (QED) is 0.799. The van der Waals surface area contributed by atoms with Crippen LogP contribution in [0, 0.1) is 0 Å². The maximum absolute atomic E-state index is 12.2. The summed E-state index contributed by atoms with van der Waals surface area (Å²) in [7, 11) is 2.03. The summed E-state index contributed by atoms with van der Waals surface area (Å²) in [5.74, 6) is 0.315. The molecule has 1 aliphatic heterocycles. The Hall–Kier alpha value is -1.04. The number of likely N-dealkylation sites (N-methyl/N-ethyl adjacent to an activating group) is 1. The van der Waals surface area contributed by atoms with Crippen molar-refractivity contribution >= 4 is 0 Å². The number of alkyl halides is 3. The van der Waals surface area contributed by atoms with Gasteiger partial charge in [0.15, 0.2) is 0 Å². The molecular weight excluding hydrogens is 231 g/mol. The van der Waals surface area contributed by atoms with Gasteiger partial charge in [-0.05, 0) is 37.9 Å². The van der Waals surface area contributed by atoms with Crippen LogP contribution in [0.4, 0.5) is 13.2 Å². The molecule has 0 aliphatic carbocycles. The third-order valence-electron chi connectivity index (χ3n) is 3.09. The van der Waals surface area contributed by atoms with Crippen molar-refractivity contribution in [3.8, 4) is 0 Å². The predicted octanol–water partition coefficient (Wildman–Crippen LogP) is 2.25. The molecule has 1 fully saturated rings. The van der Waals surface area contributed by atoms with Crippen LogP contribution in [0.5, 0.6) is 0 Å². The molecule has 1 aliphatic rings. The van der Waals surface area contributed by atoms with Crippen molar-refractivity contribution in [1.82, 2.24) is 14.7 Å². The van der Waals surface area contributed by atoms with E-state index in [2.05, 4.69) is 10.00 Å². The average molecular weight is 247 g/mol. The van der Waals surface area contributed by atoms with E-state index in [4.69, 9.17) is 0 Å². The van der Waals surface area contributed by atoms with Crippen LogP contribution in [0.15, 0.2) is 12.4 Å². The molecule has 1 unspecified atom stereocenters. The molecule has 1 saturated heterocycles. The van der Waals surface area contributed by atoms with Gasteiger partial charge in [-0.2, -0.15) is 18.3 Å². The van der Waals surface area contributed by atoms with E-state index >= 15 is 0 Å². The fourth-order valence-corrected chi connectivity index (χ4v) is 2.30. The van der Waals surface area contributed by atoms with Crippen molar-refractivity contribution in [2.45, 2.75) is 31.5 Å². The van der Waals surface area contributed by atoms with Crippen molar-refractivity contribution < 1.29 is 13.2 Å². The van der Waals surface area contributed by atoms with E-state index in [1.165, 1.54) is 6.20 Å². The summed E-state index contributed by atoms with van der Waals surface area (Å²) in [5.41, 5.74) is 0.917. The lowest BCUT2D eigenvalue weighted by Gasteiger charge is -2.28. The van der Waals surface area contributed by atoms with Gasteiger partial charge in [-0.25, -0.2) is 0 Å². The summed E-state index contributed by atoms with van der Waals surface area (Å²) in [6.07, 6.45) is 1.01. The fraction of sp³-hybridized carbons (Fsp3) is 0.727. The number of aromatic nitrogens is 2. The molecule has 6 heteroatoms. The van der Waals surface area contributed by atoms with Crippen LogP contribution in [0.2, 0.25) is 0 Å². The second kappa shape index (κ2) is 4.68. The van der Waals surface area contributed by atoms with E-state index in [0.29, 0.717) is 5.92 Å². The highest BCUT2D eigenvalue weighted by Gasteiger charge is 2.29. The Labute approximate surface area is 98.2 Å². The van der Waals surface area contributed by atoms with Gasteiger partial charge in [-0.3, -0.25) is 4.68 Å². The van der Waals surface area contributed by atoms with Gasteiger partial charge in [0.05, 0.1) is 6.20 Å². The Morgan fingerprint density at radius 2 is 2.24 bits per heavy atom. The highest BCUT2D eigenvalue weighted by Crippen LogP contribution is 2.26. The summed E-state index contributed by atoms with van der Waals surface area (Å²) in [4.78, 5) is 2.20. The maximum atomic E-state index is 12.2. The highest BCUT2D eigenvalue weighted by atomic mass is 19.4. The molecule has 0 radical (unpaired) electrons. The zero-order valence-electron chi connectivity index (χ0n) is 9.74. The summed E-state index contributed by atoms with van der Waals surface area (Å²) in [5, 5.41) is 3.78. The molecule has 0 amide bonds. The molecule has 0 bridgehead atoms. The number of nitrogens with zero attached hydrogens (tertiary/aromatic N) is 3. The molecule has 3 nitrogen and oxygen atoms in total. The molecule has 0 saturated carbocycles. The van der Waals surface area contributed by atoms with Crippen LogP contribution in [0.1, 0.15) is 24.3 Å². The standard InChI is InChI=1S/C11H16F3N3/c1-16-4-2-3-9(6-16)10-5-15-17(7-10)8-11(12,13)14/h5,7,9H,2-4,6,8H2,1H3. The second-order valence-corrected chi connectivity index (χ2v) is 4.69. The molecule has 1 aromatic heterocycles. The van der Waals surface area contributed by atoms with Crippen molar-refractivity contribution in [2.24, 2.45) is 0 Å². The predicted molar refractivity (Wildman–Crippen MR) is 57.8 cm³/mol. The molecule has 2 rings (SSSR count). The van der Waals surface area contributed by atoms with Crippen LogP contribution in [0.3, 0.4) is 0 Å². The molecule has 0 spiro atoms. The first-order valence-corrected chi connectivity index (χ1v) is 5.72. The lowest BCUT2D eigenvalue weighted by molar-refractivity contribution is -0.142. The molecule has 0 aromatic carbocycles. The third-order valence-corrected chi connectivity index (χ3v) is 3.09. The fourth-order valence-electron chi connectivity index (χ4n) is 2.30. The molecular formula is C11H16F3N3. The molecule has 1 aromatic rings. The minimum Gasteiger partial charge on any atom is -0.306 e. The van der Waals surface area contributed by atoms with Gasteiger partial charge >= 0.3 is 6.18 Å². The Balaban J connectivity index is 2.02. The van der Waals surface area contributed by atoms with E-state index < -0.39 is 12.7 Å². The summed E-state index contributed by atoms with van der Waals surface area (Å²) in [6, 6.07) is 0. The van der Waals surface area contributed by atoms with E-state index in [9.17, 15) is 13.2 Å². The largest absolute Gasteiger partial charge is 0.408 e. The van der Waals surface area contributed by atoms with Crippen LogP contribution in [-0.4, -0.2) is 41.0 Å². The molecule has 2 heterocycles. The number of piperidine rings is 1. The van der Waals surface area contributed by atoms with Gasteiger partial charge in [0.25, 0.3) is 0 Å².